The molecule has 0 N–H and O–H groups in total. The Hall–Kier alpha value is -0.620. The second-order valence-electron chi connectivity index (χ2n) is 8.62. The summed E-state index contributed by atoms with van der Waals surface area (Å²) in [6, 6.07) is 0.379. The van der Waals surface area contributed by atoms with Gasteiger partial charge in [-0.05, 0) is 23.7 Å². The lowest BCUT2D eigenvalue weighted by atomic mass is 10.0. The zero-order valence-corrected chi connectivity index (χ0v) is 15.7. The molecule has 6 heteroatoms. The molecule has 0 radical (unpaired) electrons. The molecular weight excluding hydrogens is 312 g/mol. The minimum Gasteiger partial charge on any atom is -0.340 e. The third kappa shape index (κ3) is 2.93. The Bertz CT molecular complexity index is 561. The van der Waals surface area contributed by atoms with Gasteiger partial charge in [-0.2, -0.15) is 0 Å². The normalized spacial score (nSPS) is 31.0. The first-order valence-corrected chi connectivity index (χ1v) is 10.6. The highest BCUT2D eigenvalue weighted by atomic mass is 32.2. The van der Waals surface area contributed by atoms with Gasteiger partial charge < -0.3 is 4.90 Å². The quantitative estimate of drug-likeness (QED) is 0.761. The molecule has 1 amide bonds. The third-order valence-electron chi connectivity index (χ3n) is 6.93. The molecule has 3 aliphatic rings. The smallest absolute Gasteiger partial charge is 0.226 e. The highest BCUT2D eigenvalue weighted by molar-refractivity contribution is 7.91. The molecule has 3 fully saturated rings. The number of amides is 1. The van der Waals surface area contributed by atoms with Gasteiger partial charge in [0.05, 0.1) is 11.5 Å². The maximum atomic E-state index is 12.8. The molecule has 3 rings (SSSR count). The summed E-state index contributed by atoms with van der Waals surface area (Å²) >= 11 is 0. The van der Waals surface area contributed by atoms with Crippen molar-refractivity contribution in [2.75, 3.05) is 37.7 Å². The van der Waals surface area contributed by atoms with Crippen LogP contribution in [0.2, 0.25) is 0 Å². The van der Waals surface area contributed by atoms with Crippen LogP contribution >= 0.6 is 0 Å². The van der Waals surface area contributed by atoms with Crippen molar-refractivity contribution < 1.29 is 13.2 Å². The number of sulfone groups is 1. The molecule has 0 spiro atoms. The minimum absolute atomic E-state index is 0.0962. The lowest BCUT2D eigenvalue weighted by Gasteiger charge is -2.40. The molecule has 0 aromatic carbocycles. The molecule has 0 unspecified atom stereocenters. The molecule has 0 atom stereocenters. The summed E-state index contributed by atoms with van der Waals surface area (Å²) in [4.78, 5) is 17.2. The highest BCUT2D eigenvalue weighted by Gasteiger charge is 2.68. The van der Waals surface area contributed by atoms with Gasteiger partial charge in [-0.25, -0.2) is 8.42 Å². The monoisotopic (exact) mass is 342 g/mol. The van der Waals surface area contributed by atoms with Crippen LogP contribution in [-0.4, -0.2) is 67.9 Å². The summed E-state index contributed by atoms with van der Waals surface area (Å²) in [5, 5.41) is 0. The first-order chi connectivity index (χ1) is 10.6. The van der Waals surface area contributed by atoms with Crippen molar-refractivity contribution in [2.24, 2.45) is 16.7 Å². The number of carbonyl (C=O) groups excluding carboxylic acids is 1. The standard InChI is InChI=1S/C17H30N2O3S/c1-16(2)14(17(16,3)4)15(20)19-9-7-18(8-10-19)13-5-11-23(21,22)12-6-13/h13-14H,5-12H2,1-4H3. The predicted octanol–water partition coefficient (Wildman–Crippen LogP) is 1.39. The molecule has 0 aromatic rings. The third-order valence-corrected chi connectivity index (χ3v) is 8.65. The van der Waals surface area contributed by atoms with Gasteiger partial charge in [0.25, 0.3) is 0 Å². The van der Waals surface area contributed by atoms with E-state index in [1.165, 1.54) is 0 Å². The van der Waals surface area contributed by atoms with Crippen LogP contribution in [0.4, 0.5) is 0 Å². The molecule has 2 saturated heterocycles. The van der Waals surface area contributed by atoms with Gasteiger partial charge in [0, 0.05) is 38.1 Å². The minimum atomic E-state index is -2.80. The SMILES string of the molecule is CC1(C)C(C(=O)N2CCN(C3CCS(=O)(=O)CC3)CC2)C1(C)C. The first kappa shape index (κ1) is 17.2. The molecule has 23 heavy (non-hydrogen) atoms. The first-order valence-electron chi connectivity index (χ1n) is 8.79. The van der Waals surface area contributed by atoms with Crippen LogP contribution in [0.15, 0.2) is 0 Å². The van der Waals surface area contributed by atoms with Crippen LogP contribution in [-0.2, 0) is 14.6 Å². The molecule has 1 aliphatic carbocycles. The zero-order chi connectivity index (χ0) is 17.0. The maximum Gasteiger partial charge on any atom is 0.226 e. The van der Waals surface area contributed by atoms with E-state index in [0.29, 0.717) is 23.5 Å². The number of hydrogen-bond donors (Lipinski definition) is 0. The fraction of sp³-hybridized carbons (Fsp3) is 0.941. The Kier molecular flexibility index (Phi) is 4.08. The summed E-state index contributed by atoms with van der Waals surface area (Å²) in [5.74, 6) is 1.09. The van der Waals surface area contributed by atoms with Gasteiger partial charge >= 0.3 is 0 Å². The van der Waals surface area contributed by atoms with E-state index in [9.17, 15) is 13.2 Å². The summed E-state index contributed by atoms with van der Waals surface area (Å²) in [6.45, 7) is 12.1. The second-order valence-corrected chi connectivity index (χ2v) is 10.9. The fourth-order valence-electron chi connectivity index (χ4n) is 4.55. The lowest BCUT2D eigenvalue weighted by molar-refractivity contribution is -0.136. The number of rotatable bonds is 2. The Morgan fingerprint density at radius 3 is 1.83 bits per heavy atom. The van der Waals surface area contributed by atoms with E-state index in [0.717, 1.165) is 39.0 Å². The van der Waals surface area contributed by atoms with Crippen LogP contribution < -0.4 is 0 Å². The van der Waals surface area contributed by atoms with Crippen molar-refractivity contribution in [1.82, 2.24) is 9.80 Å². The van der Waals surface area contributed by atoms with Gasteiger partial charge in [0.2, 0.25) is 5.91 Å². The van der Waals surface area contributed by atoms with E-state index in [1.54, 1.807) is 0 Å². The van der Waals surface area contributed by atoms with E-state index in [-0.39, 0.29) is 16.7 Å². The van der Waals surface area contributed by atoms with E-state index >= 15 is 0 Å². The van der Waals surface area contributed by atoms with Gasteiger partial charge in [-0.3, -0.25) is 9.69 Å². The van der Waals surface area contributed by atoms with Crippen molar-refractivity contribution in [1.29, 1.82) is 0 Å². The van der Waals surface area contributed by atoms with Crippen LogP contribution in [0, 0.1) is 16.7 Å². The highest BCUT2D eigenvalue weighted by Crippen LogP contribution is 2.68. The van der Waals surface area contributed by atoms with Crippen molar-refractivity contribution in [2.45, 2.75) is 46.6 Å². The zero-order valence-electron chi connectivity index (χ0n) is 14.8. The Morgan fingerprint density at radius 1 is 0.913 bits per heavy atom. The molecule has 1 saturated carbocycles. The Balaban J connectivity index is 1.53. The second kappa shape index (κ2) is 5.45. The summed E-state index contributed by atoms with van der Waals surface area (Å²) < 4.78 is 23.1. The largest absolute Gasteiger partial charge is 0.340 e. The number of hydrogen-bond acceptors (Lipinski definition) is 4. The Labute approximate surface area is 140 Å². The van der Waals surface area contributed by atoms with E-state index < -0.39 is 9.84 Å². The van der Waals surface area contributed by atoms with Crippen molar-refractivity contribution in [3.63, 3.8) is 0 Å². The molecule has 0 bridgehead atoms. The topological polar surface area (TPSA) is 57.7 Å². The predicted molar refractivity (Wildman–Crippen MR) is 90.9 cm³/mol. The number of carbonyl (C=O) groups is 1. The average Bonchev–Trinajstić information content (AvgIpc) is 2.88. The molecule has 5 nitrogen and oxygen atoms in total. The summed E-state index contributed by atoms with van der Waals surface area (Å²) in [5.41, 5.74) is 0.192. The Morgan fingerprint density at radius 2 is 1.39 bits per heavy atom. The van der Waals surface area contributed by atoms with Crippen LogP contribution in [0.1, 0.15) is 40.5 Å². The number of piperazine rings is 1. The number of nitrogens with zero attached hydrogens (tertiary/aromatic N) is 2. The van der Waals surface area contributed by atoms with Gasteiger partial charge in [0.15, 0.2) is 0 Å². The average molecular weight is 343 g/mol. The van der Waals surface area contributed by atoms with Crippen molar-refractivity contribution in [3.05, 3.63) is 0 Å². The molecule has 2 aliphatic heterocycles. The molecule has 132 valence electrons. The van der Waals surface area contributed by atoms with Crippen LogP contribution in [0.5, 0.6) is 0 Å². The van der Waals surface area contributed by atoms with E-state index in [2.05, 4.69) is 32.6 Å². The lowest BCUT2D eigenvalue weighted by Crippen LogP contribution is -2.54. The van der Waals surface area contributed by atoms with Crippen molar-refractivity contribution in [3.8, 4) is 0 Å². The molecular formula is C17H30N2O3S. The summed E-state index contributed by atoms with van der Waals surface area (Å²) in [7, 11) is -2.80. The van der Waals surface area contributed by atoms with Crippen molar-refractivity contribution >= 4 is 15.7 Å². The summed E-state index contributed by atoms with van der Waals surface area (Å²) in [6.07, 6.45) is 1.50. The van der Waals surface area contributed by atoms with Gasteiger partial charge in [-0.1, -0.05) is 27.7 Å². The van der Waals surface area contributed by atoms with Gasteiger partial charge in [0.1, 0.15) is 9.84 Å². The molecule has 2 heterocycles. The van der Waals surface area contributed by atoms with E-state index in [4.69, 9.17) is 0 Å². The van der Waals surface area contributed by atoms with Crippen LogP contribution in [0.25, 0.3) is 0 Å². The van der Waals surface area contributed by atoms with Crippen LogP contribution in [0.3, 0.4) is 0 Å². The fourth-order valence-corrected chi connectivity index (χ4v) is 6.01. The van der Waals surface area contributed by atoms with Gasteiger partial charge in [-0.15, -0.1) is 0 Å². The molecule has 0 aromatic heterocycles. The maximum absolute atomic E-state index is 12.8. The van der Waals surface area contributed by atoms with E-state index in [1.807, 2.05) is 4.90 Å².